The van der Waals surface area contributed by atoms with E-state index in [2.05, 4.69) is 20.4 Å². The molecule has 0 bridgehead atoms. The van der Waals surface area contributed by atoms with E-state index in [4.69, 9.17) is 9.47 Å². The largest absolute Gasteiger partial charge is 0.381 e. The lowest BCUT2D eigenvalue weighted by Gasteiger charge is -2.41. The molecule has 3 saturated heterocycles. The lowest BCUT2D eigenvalue weighted by molar-refractivity contribution is -0.0580. The van der Waals surface area contributed by atoms with Crippen molar-refractivity contribution in [2.24, 2.45) is 5.92 Å². The van der Waals surface area contributed by atoms with Crippen LogP contribution < -0.4 is 5.32 Å². The van der Waals surface area contributed by atoms with Gasteiger partial charge in [-0.05, 0) is 57.2 Å². The summed E-state index contributed by atoms with van der Waals surface area (Å²) >= 11 is 0. The molecule has 6 heteroatoms. The van der Waals surface area contributed by atoms with Crippen molar-refractivity contribution in [2.45, 2.75) is 50.7 Å². The number of piperidine rings is 1. The summed E-state index contributed by atoms with van der Waals surface area (Å²) in [6.45, 7) is 8.08. The van der Waals surface area contributed by atoms with Crippen molar-refractivity contribution in [3.8, 4) is 0 Å². The normalized spacial score (nSPS) is 31.5. The summed E-state index contributed by atoms with van der Waals surface area (Å²) < 4.78 is 11.8. The minimum atomic E-state index is 0.0270. The van der Waals surface area contributed by atoms with Crippen LogP contribution in [0.25, 0.3) is 0 Å². The van der Waals surface area contributed by atoms with Gasteiger partial charge in [-0.3, -0.25) is 0 Å². The SMILES string of the molecule is Cc1ccc(N[C@@H]2CO[C@@]3(CCCN(CC4CCOCC4)C3)C2)nn1. The predicted octanol–water partition coefficient (Wildman–Crippen LogP) is 2.25. The first-order valence-electron chi connectivity index (χ1n) is 9.72. The molecule has 4 heterocycles. The second-order valence-corrected chi connectivity index (χ2v) is 7.99. The molecule has 138 valence electrons. The number of anilines is 1. The van der Waals surface area contributed by atoms with Gasteiger partial charge in [0, 0.05) is 32.7 Å². The molecule has 1 aromatic rings. The van der Waals surface area contributed by atoms with Crippen LogP contribution in [0, 0.1) is 12.8 Å². The molecule has 25 heavy (non-hydrogen) atoms. The first-order valence-corrected chi connectivity index (χ1v) is 9.72. The smallest absolute Gasteiger partial charge is 0.148 e. The van der Waals surface area contributed by atoms with Crippen LogP contribution in [0.1, 0.15) is 37.8 Å². The number of likely N-dealkylation sites (tertiary alicyclic amines) is 1. The molecule has 0 unspecified atom stereocenters. The number of nitrogens with one attached hydrogen (secondary N) is 1. The Morgan fingerprint density at radius 1 is 1.28 bits per heavy atom. The summed E-state index contributed by atoms with van der Waals surface area (Å²) in [5.74, 6) is 1.65. The van der Waals surface area contributed by atoms with E-state index in [0.29, 0.717) is 6.04 Å². The van der Waals surface area contributed by atoms with Crippen LogP contribution in [0.2, 0.25) is 0 Å². The fourth-order valence-electron chi connectivity index (χ4n) is 4.55. The van der Waals surface area contributed by atoms with E-state index in [1.165, 1.54) is 38.8 Å². The summed E-state index contributed by atoms with van der Waals surface area (Å²) in [6.07, 6.45) is 5.89. The van der Waals surface area contributed by atoms with E-state index in [1.807, 2.05) is 19.1 Å². The molecule has 1 N–H and O–H groups in total. The molecule has 4 rings (SSSR count). The maximum absolute atomic E-state index is 6.33. The van der Waals surface area contributed by atoms with Gasteiger partial charge in [0.05, 0.1) is 23.9 Å². The van der Waals surface area contributed by atoms with Crippen LogP contribution in [0.5, 0.6) is 0 Å². The third kappa shape index (κ3) is 4.30. The van der Waals surface area contributed by atoms with E-state index >= 15 is 0 Å². The molecule has 1 aromatic heterocycles. The first-order chi connectivity index (χ1) is 12.2. The van der Waals surface area contributed by atoms with Crippen LogP contribution in [-0.2, 0) is 9.47 Å². The molecule has 0 aromatic carbocycles. The number of rotatable bonds is 4. The second-order valence-electron chi connectivity index (χ2n) is 7.99. The summed E-state index contributed by atoms with van der Waals surface area (Å²) in [5, 5.41) is 11.9. The molecule has 0 aliphatic carbocycles. The summed E-state index contributed by atoms with van der Waals surface area (Å²) in [4.78, 5) is 2.63. The minimum Gasteiger partial charge on any atom is -0.381 e. The second kappa shape index (κ2) is 7.56. The third-order valence-corrected chi connectivity index (χ3v) is 5.83. The number of aromatic nitrogens is 2. The van der Waals surface area contributed by atoms with Gasteiger partial charge in [-0.1, -0.05) is 0 Å². The fourth-order valence-corrected chi connectivity index (χ4v) is 4.55. The van der Waals surface area contributed by atoms with Gasteiger partial charge in [0.2, 0.25) is 0 Å². The molecule has 0 amide bonds. The molecule has 1 spiro atoms. The van der Waals surface area contributed by atoms with Gasteiger partial charge < -0.3 is 19.7 Å². The fraction of sp³-hybridized carbons (Fsp3) is 0.789. The van der Waals surface area contributed by atoms with Crippen molar-refractivity contribution in [2.75, 3.05) is 44.8 Å². The van der Waals surface area contributed by atoms with Gasteiger partial charge in [0.25, 0.3) is 0 Å². The van der Waals surface area contributed by atoms with Gasteiger partial charge in [-0.15, -0.1) is 5.10 Å². The molecule has 0 saturated carbocycles. The third-order valence-electron chi connectivity index (χ3n) is 5.83. The topological polar surface area (TPSA) is 59.5 Å². The summed E-state index contributed by atoms with van der Waals surface area (Å²) in [6, 6.07) is 4.34. The van der Waals surface area contributed by atoms with Crippen molar-refractivity contribution in [3.05, 3.63) is 17.8 Å². The minimum absolute atomic E-state index is 0.0270. The van der Waals surface area contributed by atoms with Crippen molar-refractivity contribution in [1.29, 1.82) is 0 Å². The number of nitrogens with zero attached hydrogens (tertiary/aromatic N) is 3. The molecule has 3 aliphatic heterocycles. The first kappa shape index (κ1) is 17.2. The Labute approximate surface area is 150 Å². The van der Waals surface area contributed by atoms with Gasteiger partial charge >= 0.3 is 0 Å². The van der Waals surface area contributed by atoms with Gasteiger partial charge in [-0.25, -0.2) is 0 Å². The Morgan fingerprint density at radius 3 is 2.96 bits per heavy atom. The number of hydrogen-bond donors (Lipinski definition) is 1. The van der Waals surface area contributed by atoms with E-state index in [-0.39, 0.29) is 5.60 Å². The van der Waals surface area contributed by atoms with Crippen molar-refractivity contribution >= 4 is 5.82 Å². The Hall–Kier alpha value is -1.24. The molecule has 6 nitrogen and oxygen atoms in total. The van der Waals surface area contributed by atoms with Gasteiger partial charge in [0.1, 0.15) is 5.82 Å². The zero-order chi connectivity index (χ0) is 17.1. The van der Waals surface area contributed by atoms with Crippen LogP contribution in [0.15, 0.2) is 12.1 Å². The summed E-state index contributed by atoms with van der Waals surface area (Å²) in [7, 11) is 0. The number of hydrogen-bond acceptors (Lipinski definition) is 6. The highest BCUT2D eigenvalue weighted by atomic mass is 16.5. The van der Waals surface area contributed by atoms with Crippen LogP contribution >= 0.6 is 0 Å². The van der Waals surface area contributed by atoms with E-state index < -0.39 is 0 Å². The molecular weight excluding hydrogens is 316 g/mol. The van der Waals surface area contributed by atoms with Crippen molar-refractivity contribution in [3.63, 3.8) is 0 Å². The highest BCUT2D eigenvalue weighted by Gasteiger charge is 2.43. The Balaban J connectivity index is 1.31. The Kier molecular flexibility index (Phi) is 5.20. The Morgan fingerprint density at radius 2 is 2.16 bits per heavy atom. The molecule has 0 radical (unpaired) electrons. The molecule has 2 atom stereocenters. The molecular formula is C19H30N4O2. The maximum atomic E-state index is 6.33. The maximum Gasteiger partial charge on any atom is 0.148 e. The van der Waals surface area contributed by atoms with Crippen molar-refractivity contribution < 1.29 is 9.47 Å². The zero-order valence-corrected chi connectivity index (χ0v) is 15.2. The van der Waals surface area contributed by atoms with E-state index in [1.54, 1.807) is 0 Å². The highest BCUT2D eigenvalue weighted by molar-refractivity contribution is 5.34. The number of ether oxygens (including phenoxy) is 2. The van der Waals surface area contributed by atoms with Crippen molar-refractivity contribution in [1.82, 2.24) is 15.1 Å². The monoisotopic (exact) mass is 346 g/mol. The lowest BCUT2D eigenvalue weighted by Crippen LogP contribution is -2.49. The quantitative estimate of drug-likeness (QED) is 0.902. The molecule has 3 aliphatic rings. The molecule has 3 fully saturated rings. The Bertz CT molecular complexity index is 561. The standard InChI is InChI=1S/C19H30N4O2/c1-15-3-4-18(22-21-15)20-17-11-19(25-13-17)7-2-8-23(14-19)12-16-5-9-24-10-6-16/h3-4,16-17H,2,5-14H2,1H3,(H,20,22)/t17-,19-/m0/s1. The van der Waals surface area contributed by atoms with Crippen LogP contribution in [0.4, 0.5) is 5.82 Å². The average Bonchev–Trinajstić information content (AvgIpc) is 3.00. The van der Waals surface area contributed by atoms with E-state index in [9.17, 15) is 0 Å². The van der Waals surface area contributed by atoms with Crippen LogP contribution in [-0.4, -0.2) is 66.2 Å². The van der Waals surface area contributed by atoms with Gasteiger partial charge in [-0.2, -0.15) is 5.10 Å². The zero-order valence-electron chi connectivity index (χ0n) is 15.2. The summed E-state index contributed by atoms with van der Waals surface area (Å²) in [5.41, 5.74) is 0.972. The van der Waals surface area contributed by atoms with Crippen LogP contribution in [0.3, 0.4) is 0 Å². The highest BCUT2D eigenvalue weighted by Crippen LogP contribution is 2.36. The lowest BCUT2D eigenvalue weighted by atomic mass is 9.87. The predicted molar refractivity (Wildman–Crippen MR) is 96.7 cm³/mol. The van der Waals surface area contributed by atoms with E-state index in [0.717, 1.165) is 50.2 Å². The van der Waals surface area contributed by atoms with Gasteiger partial charge in [0.15, 0.2) is 0 Å². The number of aryl methyl sites for hydroxylation is 1. The average molecular weight is 346 g/mol.